The molecule has 0 radical (unpaired) electrons. The number of benzene rings is 1. The Morgan fingerprint density at radius 2 is 2.13 bits per heavy atom. The van der Waals surface area contributed by atoms with Gasteiger partial charge >= 0.3 is 6.03 Å². The number of nitrogens with zero attached hydrogens (tertiary/aromatic N) is 2. The fraction of sp³-hybridized carbons (Fsp3) is 0.588. The molecule has 0 bridgehead atoms. The number of likely N-dealkylation sites (N-methyl/N-ethyl adjacent to an activating group) is 1. The molecule has 1 aromatic rings. The fourth-order valence-corrected chi connectivity index (χ4v) is 2.98. The molecule has 1 saturated heterocycles. The van der Waals surface area contributed by atoms with Gasteiger partial charge in [0.1, 0.15) is 5.82 Å². The van der Waals surface area contributed by atoms with Gasteiger partial charge in [-0.2, -0.15) is 0 Å². The summed E-state index contributed by atoms with van der Waals surface area (Å²) in [4.78, 5) is 16.1. The Morgan fingerprint density at radius 1 is 1.43 bits per heavy atom. The van der Waals surface area contributed by atoms with Crippen LogP contribution in [0.1, 0.15) is 24.4 Å². The lowest BCUT2D eigenvalue weighted by Gasteiger charge is -2.33. The van der Waals surface area contributed by atoms with E-state index in [9.17, 15) is 14.3 Å². The molecule has 5 nitrogen and oxygen atoms in total. The van der Waals surface area contributed by atoms with Crippen LogP contribution in [0.3, 0.4) is 0 Å². The summed E-state index contributed by atoms with van der Waals surface area (Å²) in [6.07, 6.45) is 1.89. The summed E-state index contributed by atoms with van der Waals surface area (Å²) in [6.45, 7) is 1.91. The zero-order valence-electron chi connectivity index (χ0n) is 13.8. The van der Waals surface area contributed by atoms with Crippen molar-refractivity contribution in [1.29, 1.82) is 0 Å². The first kappa shape index (κ1) is 17.7. The van der Waals surface area contributed by atoms with Crippen LogP contribution in [-0.4, -0.2) is 61.3 Å². The Bertz CT molecular complexity index is 507. The third kappa shape index (κ3) is 4.91. The molecule has 1 aliphatic heterocycles. The minimum Gasteiger partial charge on any atom is -0.396 e. The molecule has 2 unspecified atom stereocenters. The van der Waals surface area contributed by atoms with Crippen molar-refractivity contribution in [3.8, 4) is 0 Å². The Balaban J connectivity index is 1.93. The molecule has 1 aliphatic rings. The van der Waals surface area contributed by atoms with Gasteiger partial charge in [-0.3, -0.25) is 0 Å². The molecule has 2 atom stereocenters. The number of amides is 2. The van der Waals surface area contributed by atoms with Gasteiger partial charge in [0.05, 0.1) is 6.04 Å². The summed E-state index contributed by atoms with van der Waals surface area (Å²) in [5.74, 6) is -0.0881. The summed E-state index contributed by atoms with van der Waals surface area (Å²) in [5, 5.41) is 12.2. The normalized spacial score (nSPS) is 19.7. The van der Waals surface area contributed by atoms with E-state index in [0.717, 1.165) is 24.9 Å². The molecule has 0 saturated carbocycles. The number of hydrogen-bond acceptors (Lipinski definition) is 3. The van der Waals surface area contributed by atoms with Gasteiger partial charge < -0.3 is 20.2 Å². The van der Waals surface area contributed by atoms with Crippen LogP contribution in [0.2, 0.25) is 0 Å². The van der Waals surface area contributed by atoms with Crippen LogP contribution in [0.5, 0.6) is 0 Å². The largest absolute Gasteiger partial charge is 0.396 e. The van der Waals surface area contributed by atoms with Gasteiger partial charge in [-0.25, -0.2) is 9.18 Å². The van der Waals surface area contributed by atoms with Crippen molar-refractivity contribution < 1.29 is 14.3 Å². The van der Waals surface area contributed by atoms with Gasteiger partial charge in [0, 0.05) is 26.2 Å². The number of halogens is 1. The molecule has 1 fully saturated rings. The number of carbonyl (C=O) groups is 1. The van der Waals surface area contributed by atoms with Crippen molar-refractivity contribution in [3.05, 3.63) is 35.6 Å². The van der Waals surface area contributed by atoms with Crippen LogP contribution in [-0.2, 0) is 0 Å². The summed E-state index contributed by atoms with van der Waals surface area (Å²) in [6, 6.07) is 6.24. The molecule has 0 aliphatic carbocycles. The minimum atomic E-state index is -0.265. The third-order valence-electron chi connectivity index (χ3n) is 4.39. The zero-order chi connectivity index (χ0) is 16.8. The molecule has 2 N–H and O–H groups in total. The molecule has 0 aromatic heterocycles. The lowest BCUT2D eigenvalue weighted by Crippen LogP contribution is -2.47. The third-order valence-corrected chi connectivity index (χ3v) is 4.39. The van der Waals surface area contributed by atoms with Crippen LogP contribution in [0, 0.1) is 11.7 Å². The number of aliphatic hydroxyl groups excluding tert-OH is 1. The van der Waals surface area contributed by atoms with Gasteiger partial charge in [0.25, 0.3) is 0 Å². The molecular formula is C17H26FN3O2. The van der Waals surface area contributed by atoms with Gasteiger partial charge in [0.2, 0.25) is 0 Å². The van der Waals surface area contributed by atoms with E-state index in [1.165, 1.54) is 12.1 Å². The molecule has 1 heterocycles. The van der Waals surface area contributed by atoms with Gasteiger partial charge in [-0.15, -0.1) is 0 Å². The second-order valence-electron chi connectivity index (χ2n) is 6.35. The SMILES string of the molecule is CN(C)C(CNC(=O)N1CCCC(CO)C1)c1ccc(F)cc1. The average Bonchev–Trinajstić information content (AvgIpc) is 2.56. The predicted octanol–water partition coefficient (Wildman–Crippen LogP) is 1.84. The van der Waals surface area contributed by atoms with Crippen LogP contribution >= 0.6 is 0 Å². The number of urea groups is 1. The number of piperidine rings is 1. The summed E-state index contributed by atoms with van der Waals surface area (Å²) >= 11 is 0. The maximum Gasteiger partial charge on any atom is 0.317 e. The molecule has 0 spiro atoms. The summed E-state index contributed by atoms with van der Waals surface area (Å²) < 4.78 is 13.1. The van der Waals surface area contributed by atoms with Gasteiger partial charge in [-0.1, -0.05) is 12.1 Å². The number of nitrogens with one attached hydrogen (secondary N) is 1. The monoisotopic (exact) mass is 323 g/mol. The van der Waals surface area contributed by atoms with E-state index in [1.54, 1.807) is 17.0 Å². The molecule has 6 heteroatoms. The van der Waals surface area contributed by atoms with Gasteiger partial charge in [0.15, 0.2) is 0 Å². The lowest BCUT2D eigenvalue weighted by atomic mass is 9.99. The van der Waals surface area contributed by atoms with E-state index in [4.69, 9.17) is 0 Å². The lowest BCUT2D eigenvalue weighted by molar-refractivity contribution is 0.128. The van der Waals surface area contributed by atoms with Crippen molar-refractivity contribution in [2.24, 2.45) is 5.92 Å². The first-order chi connectivity index (χ1) is 11.0. The minimum absolute atomic E-state index is 0.0158. The Labute approximate surface area is 137 Å². The van der Waals surface area contributed by atoms with E-state index < -0.39 is 0 Å². The van der Waals surface area contributed by atoms with Crippen molar-refractivity contribution >= 4 is 6.03 Å². The Hall–Kier alpha value is -1.66. The van der Waals surface area contributed by atoms with Gasteiger partial charge in [-0.05, 0) is 50.6 Å². The van der Waals surface area contributed by atoms with Crippen molar-refractivity contribution in [2.45, 2.75) is 18.9 Å². The first-order valence-electron chi connectivity index (χ1n) is 8.06. The highest BCUT2D eigenvalue weighted by Crippen LogP contribution is 2.19. The number of hydrogen-bond donors (Lipinski definition) is 2. The summed E-state index contributed by atoms with van der Waals surface area (Å²) in [5.41, 5.74) is 0.962. The molecular weight excluding hydrogens is 297 g/mol. The molecule has 23 heavy (non-hydrogen) atoms. The van der Waals surface area contributed by atoms with Crippen molar-refractivity contribution in [3.63, 3.8) is 0 Å². The quantitative estimate of drug-likeness (QED) is 0.869. The first-order valence-corrected chi connectivity index (χ1v) is 8.06. The Kier molecular flexibility index (Phi) is 6.36. The Morgan fingerprint density at radius 3 is 2.74 bits per heavy atom. The van der Waals surface area contributed by atoms with Crippen LogP contribution in [0.15, 0.2) is 24.3 Å². The van der Waals surface area contributed by atoms with E-state index in [2.05, 4.69) is 5.32 Å². The van der Waals surface area contributed by atoms with Crippen LogP contribution in [0.25, 0.3) is 0 Å². The number of rotatable bonds is 5. The van der Waals surface area contributed by atoms with Crippen LogP contribution < -0.4 is 5.32 Å². The van der Waals surface area contributed by atoms with E-state index in [0.29, 0.717) is 13.1 Å². The number of aliphatic hydroxyl groups is 1. The molecule has 2 amide bonds. The van der Waals surface area contributed by atoms with E-state index in [-0.39, 0.29) is 30.4 Å². The molecule has 2 rings (SSSR count). The topological polar surface area (TPSA) is 55.8 Å². The number of likely N-dealkylation sites (tertiary alicyclic amines) is 1. The average molecular weight is 323 g/mol. The zero-order valence-corrected chi connectivity index (χ0v) is 13.8. The van der Waals surface area contributed by atoms with Crippen LogP contribution in [0.4, 0.5) is 9.18 Å². The second kappa shape index (κ2) is 8.26. The predicted molar refractivity (Wildman–Crippen MR) is 87.6 cm³/mol. The van der Waals surface area contributed by atoms with E-state index >= 15 is 0 Å². The number of carbonyl (C=O) groups excluding carboxylic acids is 1. The highest BCUT2D eigenvalue weighted by molar-refractivity contribution is 5.74. The highest BCUT2D eigenvalue weighted by atomic mass is 19.1. The molecule has 1 aromatic carbocycles. The summed E-state index contributed by atoms with van der Waals surface area (Å²) in [7, 11) is 3.87. The smallest absolute Gasteiger partial charge is 0.317 e. The molecule has 128 valence electrons. The van der Waals surface area contributed by atoms with Crippen molar-refractivity contribution in [2.75, 3.05) is 40.3 Å². The second-order valence-corrected chi connectivity index (χ2v) is 6.35. The highest BCUT2D eigenvalue weighted by Gasteiger charge is 2.24. The maximum absolute atomic E-state index is 13.1. The van der Waals surface area contributed by atoms with E-state index in [1.807, 2.05) is 19.0 Å². The van der Waals surface area contributed by atoms with Crippen molar-refractivity contribution in [1.82, 2.24) is 15.1 Å². The standard InChI is InChI=1S/C17H26FN3O2/c1-20(2)16(14-5-7-15(18)8-6-14)10-19-17(23)21-9-3-4-13(11-21)12-22/h5-8,13,16,22H,3-4,9-12H2,1-2H3,(H,19,23). The fourth-order valence-electron chi connectivity index (χ4n) is 2.98. The maximum atomic E-state index is 13.1.